The van der Waals surface area contributed by atoms with Gasteiger partial charge in [-0.25, -0.2) is 4.79 Å². The first-order valence-electron chi connectivity index (χ1n) is 6.31. The highest BCUT2D eigenvalue weighted by Crippen LogP contribution is 2.26. The first-order valence-corrected chi connectivity index (χ1v) is 6.31. The topological polar surface area (TPSA) is 102 Å². The second-order valence-electron chi connectivity index (χ2n) is 4.86. The quantitative estimate of drug-likeness (QED) is 0.634. The summed E-state index contributed by atoms with van der Waals surface area (Å²) in [6, 6.07) is -0.931. The number of hydrogen-bond donors (Lipinski definition) is 3. The number of nitrogens with two attached hydrogens (primary N) is 1. The first-order chi connectivity index (χ1) is 8.49. The molecule has 1 unspecified atom stereocenters. The van der Waals surface area contributed by atoms with Gasteiger partial charge in [0.15, 0.2) is 0 Å². The van der Waals surface area contributed by atoms with Gasteiger partial charge in [-0.15, -0.1) is 0 Å². The van der Waals surface area contributed by atoms with Gasteiger partial charge in [-0.1, -0.05) is 19.3 Å². The molecule has 1 rings (SSSR count). The van der Waals surface area contributed by atoms with Crippen LogP contribution in [0.15, 0.2) is 0 Å². The van der Waals surface area contributed by atoms with Gasteiger partial charge in [-0.05, 0) is 12.8 Å². The molecule has 0 saturated heterocycles. The molecular weight excluding hydrogens is 236 g/mol. The van der Waals surface area contributed by atoms with E-state index < -0.39 is 17.6 Å². The van der Waals surface area contributed by atoms with E-state index in [9.17, 15) is 9.59 Å². The molecule has 0 aromatic rings. The van der Waals surface area contributed by atoms with Gasteiger partial charge in [-0.2, -0.15) is 0 Å². The Morgan fingerprint density at radius 2 is 2.00 bits per heavy atom. The van der Waals surface area contributed by atoms with Gasteiger partial charge >= 0.3 is 5.97 Å². The Hall–Kier alpha value is -1.14. The van der Waals surface area contributed by atoms with Crippen molar-refractivity contribution >= 4 is 11.9 Å². The Morgan fingerprint density at radius 3 is 2.50 bits per heavy atom. The third-order valence-electron chi connectivity index (χ3n) is 3.41. The van der Waals surface area contributed by atoms with Gasteiger partial charge in [0, 0.05) is 20.1 Å². The molecule has 0 radical (unpaired) electrons. The molecule has 1 amide bonds. The van der Waals surface area contributed by atoms with Crippen LogP contribution in [0, 0.1) is 0 Å². The molecule has 0 heterocycles. The number of carboxylic acids is 1. The van der Waals surface area contributed by atoms with Crippen molar-refractivity contribution in [1.29, 1.82) is 0 Å². The van der Waals surface area contributed by atoms with Gasteiger partial charge in [0.05, 0.1) is 5.54 Å². The van der Waals surface area contributed by atoms with Crippen LogP contribution in [0.4, 0.5) is 0 Å². The van der Waals surface area contributed by atoms with E-state index in [2.05, 4.69) is 5.32 Å². The van der Waals surface area contributed by atoms with Crippen LogP contribution in [0.2, 0.25) is 0 Å². The Morgan fingerprint density at radius 1 is 1.39 bits per heavy atom. The van der Waals surface area contributed by atoms with Crippen LogP contribution in [0.3, 0.4) is 0 Å². The lowest BCUT2D eigenvalue weighted by Crippen LogP contribution is -2.58. The zero-order chi connectivity index (χ0) is 13.6. The maximum atomic E-state index is 12.1. The zero-order valence-corrected chi connectivity index (χ0v) is 10.8. The van der Waals surface area contributed by atoms with Crippen LogP contribution >= 0.6 is 0 Å². The number of nitrogens with one attached hydrogen (secondary N) is 1. The fourth-order valence-electron chi connectivity index (χ4n) is 2.20. The van der Waals surface area contributed by atoms with E-state index in [-0.39, 0.29) is 18.9 Å². The van der Waals surface area contributed by atoms with Crippen LogP contribution in [-0.2, 0) is 14.3 Å². The first kappa shape index (κ1) is 14.9. The maximum Gasteiger partial charge on any atom is 0.326 e. The van der Waals surface area contributed by atoms with Gasteiger partial charge in [-0.3, -0.25) is 4.79 Å². The second kappa shape index (κ2) is 6.70. The molecule has 1 saturated carbocycles. The summed E-state index contributed by atoms with van der Waals surface area (Å²) in [6.45, 7) is 0.287. The smallest absolute Gasteiger partial charge is 0.326 e. The van der Waals surface area contributed by atoms with Crippen molar-refractivity contribution in [2.45, 2.75) is 50.1 Å². The molecule has 1 fully saturated rings. The summed E-state index contributed by atoms with van der Waals surface area (Å²) in [5.41, 5.74) is 5.14. The summed E-state index contributed by atoms with van der Waals surface area (Å²) in [7, 11) is 1.49. The van der Waals surface area contributed by atoms with Gasteiger partial charge in [0.2, 0.25) is 5.91 Å². The van der Waals surface area contributed by atoms with Crippen molar-refractivity contribution in [1.82, 2.24) is 5.32 Å². The van der Waals surface area contributed by atoms with Crippen LogP contribution in [-0.4, -0.2) is 42.3 Å². The number of methoxy groups -OCH3 is 1. The minimum Gasteiger partial charge on any atom is -0.480 e. The lowest BCUT2D eigenvalue weighted by atomic mass is 9.81. The third kappa shape index (κ3) is 3.96. The number of rotatable bonds is 6. The molecule has 18 heavy (non-hydrogen) atoms. The normalized spacial score (nSPS) is 20.1. The highest BCUT2D eigenvalue weighted by Gasteiger charge is 2.37. The summed E-state index contributed by atoms with van der Waals surface area (Å²) in [4.78, 5) is 23.1. The average molecular weight is 258 g/mol. The van der Waals surface area contributed by atoms with E-state index in [1.165, 1.54) is 7.11 Å². The summed E-state index contributed by atoms with van der Waals surface area (Å²) in [5.74, 6) is -1.41. The van der Waals surface area contributed by atoms with Crippen LogP contribution in [0.25, 0.3) is 0 Å². The van der Waals surface area contributed by atoms with E-state index in [0.29, 0.717) is 12.8 Å². The van der Waals surface area contributed by atoms with Crippen molar-refractivity contribution in [3.05, 3.63) is 0 Å². The molecule has 1 atom stereocenters. The van der Waals surface area contributed by atoms with E-state index in [0.717, 1.165) is 19.3 Å². The molecule has 1 aliphatic rings. The zero-order valence-electron chi connectivity index (χ0n) is 10.8. The molecule has 6 heteroatoms. The standard InChI is InChI=1S/C12H22N2O4/c1-18-8-5-9(10(15)16)14-11(17)12(13)6-3-2-4-7-12/h9H,2-8,13H2,1H3,(H,14,17)(H,15,16). The largest absolute Gasteiger partial charge is 0.480 e. The summed E-state index contributed by atoms with van der Waals surface area (Å²) >= 11 is 0. The fraction of sp³-hybridized carbons (Fsp3) is 0.833. The lowest BCUT2D eigenvalue weighted by Gasteiger charge is -2.32. The van der Waals surface area contributed by atoms with Crippen LogP contribution < -0.4 is 11.1 Å². The number of hydrogen-bond acceptors (Lipinski definition) is 4. The molecule has 4 N–H and O–H groups in total. The Labute approximate surface area is 107 Å². The Balaban J connectivity index is 2.56. The van der Waals surface area contributed by atoms with Crippen molar-refractivity contribution in [3.8, 4) is 0 Å². The molecule has 0 spiro atoms. The highest BCUT2D eigenvalue weighted by molar-refractivity contribution is 5.90. The minimum absolute atomic E-state index is 0.244. The summed E-state index contributed by atoms with van der Waals surface area (Å²) in [6.07, 6.45) is 4.40. The van der Waals surface area contributed by atoms with Crippen molar-refractivity contribution in [2.24, 2.45) is 5.73 Å². The third-order valence-corrected chi connectivity index (χ3v) is 3.41. The van der Waals surface area contributed by atoms with Crippen LogP contribution in [0.5, 0.6) is 0 Å². The minimum atomic E-state index is -1.06. The molecule has 6 nitrogen and oxygen atoms in total. The number of aliphatic carboxylic acids is 1. The van der Waals surface area contributed by atoms with E-state index in [1.807, 2.05) is 0 Å². The van der Waals surface area contributed by atoms with E-state index >= 15 is 0 Å². The number of amides is 1. The average Bonchev–Trinajstić information content (AvgIpc) is 2.34. The van der Waals surface area contributed by atoms with Gasteiger partial charge in [0.25, 0.3) is 0 Å². The van der Waals surface area contributed by atoms with E-state index in [1.54, 1.807) is 0 Å². The predicted molar refractivity (Wildman–Crippen MR) is 66.1 cm³/mol. The molecule has 104 valence electrons. The SMILES string of the molecule is COCCC(NC(=O)C1(N)CCCCC1)C(=O)O. The van der Waals surface area contributed by atoms with Gasteiger partial charge in [0.1, 0.15) is 6.04 Å². The van der Waals surface area contributed by atoms with Gasteiger partial charge < -0.3 is 20.9 Å². The van der Waals surface area contributed by atoms with Crippen LogP contribution in [0.1, 0.15) is 38.5 Å². The monoisotopic (exact) mass is 258 g/mol. The molecule has 1 aliphatic carbocycles. The molecule has 0 aromatic heterocycles. The molecular formula is C12H22N2O4. The number of carbonyl (C=O) groups is 2. The number of ether oxygens (including phenoxy) is 1. The molecule has 0 bridgehead atoms. The lowest BCUT2D eigenvalue weighted by molar-refractivity contribution is -0.143. The molecule has 0 aromatic carbocycles. The maximum absolute atomic E-state index is 12.1. The second-order valence-corrected chi connectivity index (χ2v) is 4.86. The Bertz CT molecular complexity index is 300. The Kier molecular flexibility index (Phi) is 5.55. The van der Waals surface area contributed by atoms with E-state index in [4.69, 9.17) is 15.6 Å². The number of carboxylic acid groups (broad SMARTS) is 1. The number of carbonyl (C=O) groups excluding carboxylic acids is 1. The predicted octanol–water partition coefficient (Wildman–Crippen LogP) is 0.254. The highest BCUT2D eigenvalue weighted by atomic mass is 16.5. The fourth-order valence-corrected chi connectivity index (χ4v) is 2.20. The summed E-state index contributed by atoms with van der Waals surface area (Å²) in [5, 5.41) is 11.5. The van der Waals surface area contributed by atoms with Crippen molar-refractivity contribution in [3.63, 3.8) is 0 Å². The molecule has 0 aliphatic heterocycles. The van der Waals surface area contributed by atoms with Crippen molar-refractivity contribution in [2.75, 3.05) is 13.7 Å². The summed E-state index contributed by atoms with van der Waals surface area (Å²) < 4.78 is 4.83. The van der Waals surface area contributed by atoms with Crippen molar-refractivity contribution < 1.29 is 19.4 Å².